The van der Waals surface area contributed by atoms with Gasteiger partial charge in [0, 0.05) is 11.9 Å². The highest BCUT2D eigenvalue weighted by Crippen LogP contribution is 2.09. The average Bonchev–Trinajstić information content (AvgIpc) is 2.99. The van der Waals surface area contributed by atoms with Crippen molar-refractivity contribution in [1.82, 2.24) is 4.91 Å². The molecule has 3 rings (SSSR count). The summed E-state index contributed by atoms with van der Waals surface area (Å²) in [5.74, 6) is -0.978. The van der Waals surface area contributed by atoms with E-state index in [0.29, 0.717) is 29.8 Å². The fourth-order valence-electron chi connectivity index (χ4n) is 2.72. The maximum Gasteiger partial charge on any atom is 0.337 e. The summed E-state index contributed by atoms with van der Waals surface area (Å²) in [6.07, 6.45) is 0. The fourth-order valence-corrected chi connectivity index (χ4v) is 3.10. The van der Waals surface area contributed by atoms with Crippen molar-refractivity contribution in [1.29, 1.82) is 5.53 Å². The van der Waals surface area contributed by atoms with Crippen LogP contribution in [0, 0.1) is 5.53 Å². The normalized spacial score (nSPS) is 9.29. The molecule has 3 aromatic rings. The van der Waals surface area contributed by atoms with Crippen molar-refractivity contribution in [2.75, 3.05) is 21.3 Å². The number of ether oxygens (including phenoxy) is 3. The van der Waals surface area contributed by atoms with E-state index in [2.05, 4.69) is 40.2 Å². The molecule has 0 fully saturated rings. The highest BCUT2D eigenvalue weighted by Gasteiger charge is 2.05. The molecule has 3 N–H and O–H groups in total. The number of alkyl halides is 1. The molecule has 200 valence electrons. The number of hydrogen-bond acceptors (Lipinski definition) is 9. The van der Waals surface area contributed by atoms with E-state index < -0.39 is 0 Å². The second-order valence-electron chi connectivity index (χ2n) is 7.30. The molecule has 0 spiro atoms. The number of esters is 3. The molecule has 0 aliphatic carbocycles. The Kier molecular flexibility index (Phi) is 15.2. The Bertz CT molecular complexity index is 1150. The summed E-state index contributed by atoms with van der Waals surface area (Å²) in [4.78, 5) is 35.9. The Hall–Kier alpha value is -4.18. The minimum atomic E-state index is -0.362. The number of halogens is 1. The van der Waals surface area contributed by atoms with Crippen LogP contribution in [0.15, 0.2) is 77.9 Å². The molecular weight excluding hydrogens is 556 g/mol. The lowest BCUT2D eigenvalue weighted by Crippen LogP contribution is -2.02. The Morgan fingerprint density at radius 1 is 0.711 bits per heavy atom. The number of carbonyl (C=O) groups excluding carboxylic acids is 3. The molecule has 0 atom stereocenters. The molecule has 0 saturated heterocycles. The third-order valence-corrected chi connectivity index (χ3v) is 5.49. The van der Waals surface area contributed by atoms with Gasteiger partial charge in [0.1, 0.15) is 17.2 Å². The lowest BCUT2D eigenvalue weighted by molar-refractivity contribution is 0.0592. The molecule has 0 aliphatic rings. The van der Waals surface area contributed by atoms with Crippen LogP contribution < -0.4 is 10.6 Å². The standard InChI is InChI=1S/C9H9BrO2.C9H10N3O2.C9H11NO2/c1-12-9(11)8-4-2-7(6-10)3-5-8;1-14-9(13)8-4-2-7(3-5-8)6-11-12-10;1-12-9(11)8-4-2-7(6-10)3-5-8/h2-5H,6H2,1H3;2-5,10H,6H2,1H3;2-5H,6,10H2,1H3/q;+1;. The number of nitrogens with two attached hydrogens (primary N) is 1. The van der Waals surface area contributed by atoms with Gasteiger partial charge < -0.3 is 19.9 Å². The summed E-state index contributed by atoms with van der Waals surface area (Å²) in [6.45, 7) is 0.840. The third-order valence-electron chi connectivity index (χ3n) is 4.84. The second-order valence-corrected chi connectivity index (χ2v) is 7.86. The molecule has 0 radical (unpaired) electrons. The number of nitrogens with one attached hydrogen (secondary N) is 1. The van der Waals surface area contributed by atoms with Gasteiger partial charge in [-0.2, -0.15) is 0 Å². The molecule has 38 heavy (non-hydrogen) atoms. The van der Waals surface area contributed by atoms with Crippen molar-refractivity contribution in [2.24, 2.45) is 10.8 Å². The summed E-state index contributed by atoms with van der Waals surface area (Å²) >= 11 is 3.32. The lowest BCUT2D eigenvalue weighted by atomic mass is 10.1. The predicted octanol–water partition coefficient (Wildman–Crippen LogP) is 4.82. The summed E-state index contributed by atoms with van der Waals surface area (Å²) in [5.41, 5.74) is 16.5. The van der Waals surface area contributed by atoms with Crippen molar-refractivity contribution < 1.29 is 28.6 Å². The Balaban J connectivity index is 0.000000286. The van der Waals surface area contributed by atoms with Crippen molar-refractivity contribution in [3.63, 3.8) is 0 Å². The number of hydrogen-bond donors (Lipinski definition) is 2. The first kappa shape index (κ1) is 31.8. The zero-order chi connectivity index (χ0) is 28.3. The van der Waals surface area contributed by atoms with Crippen LogP contribution in [0.1, 0.15) is 47.8 Å². The van der Waals surface area contributed by atoms with Gasteiger partial charge in [0.15, 0.2) is 0 Å². The van der Waals surface area contributed by atoms with Crippen LogP contribution in [-0.4, -0.2) is 39.2 Å². The molecule has 0 aromatic heterocycles. The van der Waals surface area contributed by atoms with Crippen LogP contribution in [0.4, 0.5) is 0 Å². The van der Waals surface area contributed by atoms with Crippen molar-refractivity contribution in [3.05, 3.63) is 106 Å². The van der Waals surface area contributed by atoms with Gasteiger partial charge >= 0.3 is 17.9 Å². The topological polar surface area (TPSA) is 155 Å². The predicted molar refractivity (Wildman–Crippen MR) is 145 cm³/mol. The molecule has 0 heterocycles. The average molecular weight is 586 g/mol. The van der Waals surface area contributed by atoms with Gasteiger partial charge in [0.25, 0.3) is 0 Å². The molecule has 10 nitrogen and oxygen atoms in total. The summed E-state index contributed by atoms with van der Waals surface area (Å²) in [7, 11) is 4.07. The van der Waals surface area contributed by atoms with E-state index in [9.17, 15) is 14.4 Å². The number of benzene rings is 3. The van der Waals surface area contributed by atoms with Crippen molar-refractivity contribution >= 4 is 33.8 Å². The SMILES string of the molecule is COC(=O)c1ccc(CBr)cc1.COC(=O)c1ccc(CN)cc1.COC(=O)c1ccc(CN=[N+]=N)cc1. The summed E-state index contributed by atoms with van der Waals surface area (Å²) in [6, 6.07) is 21.1. The third kappa shape index (κ3) is 11.3. The molecular formula is C27H30BrN4O6+. The van der Waals surface area contributed by atoms with Gasteiger partial charge in [-0.3, -0.25) is 0 Å². The first-order valence-corrected chi connectivity index (χ1v) is 12.3. The van der Waals surface area contributed by atoms with E-state index in [1.54, 1.807) is 48.5 Å². The quantitative estimate of drug-likeness (QED) is 0.132. The van der Waals surface area contributed by atoms with E-state index in [1.807, 2.05) is 24.3 Å². The minimum Gasteiger partial charge on any atom is -0.465 e. The largest absolute Gasteiger partial charge is 0.465 e. The Morgan fingerprint density at radius 3 is 1.34 bits per heavy atom. The minimum absolute atomic E-state index is 0.295. The molecule has 3 aromatic carbocycles. The van der Waals surface area contributed by atoms with Gasteiger partial charge in [0.2, 0.25) is 4.91 Å². The van der Waals surface area contributed by atoms with Gasteiger partial charge in [-0.1, -0.05) is 52.3 Å². The summed E-state index contributed by atoms with van der Waals surface area (Å²) in [5, 5.41) is 4.31. The van der Waals surface area contributed by atoms with Crippen LogP contribution in [0.25, 0.3) is 0 Å². The van der Waals surface area contributed by atoms with E-state index in [-0.39, 0.29) is 17.9 Å². The number of carbonyl (C=O) groups is 3. The molecule has 11 heteroatoms. The molecule has 0 unspecified atom stereocenters. The second kappa shape index (κ2) is 18.1. The van der Waals surface area contributed by atoms with E-state index >= 15 is 0 Å². The van der Waals surface area contributed by atoms with Crippen molar-refractivity contribution in [3.8, 4) is 0 Å². The lowest BCUT2D eigenvalue weighted by Gasteiger charge is -1.99. The van der Waals surface area contributed by atoms with Gasteiger partial charge in [-0.05, 0) is 53.1 Å². The van der Waals surface area contributed by atoms with Crippen LogP contribution in [-0.2, 0) is 32.6 Å². The fraction of sp³-hybridized carbons (Fsp3) is 0.222. The highest BCUT2D eigenvalue weighted by molar-refractivity contribution is 9.08. The number of rotatable bonds is 7. The maximum absolute atomic E-state index is 11.0. The summed E-state index contributed by atoms with van der Waals surface area (Å²) < 4.78 is 13.6. The van der Waals surface area contributed by atoms with E-state index in [0.717, 1.165) is 22.0 Å². The first-order valence-electron chi connectivity index (χ1n) is 11.1. The zero-order valence-corrected chi connectivity index (χ0v) is 22.9. The maximum atomic E-state index is 11.0. The first-order chi connectivity index (χ1) is 18.3. The van der Waals surface area contributed by atoms with Crippen LogP contribution >= 0.6 is 15.9 Å². The van der Waals surface area contributed by atoms with Crippen molar-refractivity contribution in [2.45, 2.75) is 18.4 Å². The monoisotopic (exact) mass is 585 g/mol. The Morgan fingerprint density at radius 2 is 1.05 bits per heavy atom. The smallest absolute Gasteiger partial charge is 0.337 e. The highest BCUT2D eigenvalue weighted by atomic mass is 79.9. The van der Waals surface area contributed by atoms with Crippen LogP contribution in [0.5, 0.6) is 0 Å². The zero-order valence-electron chi connectivity index (χ0n) is 21.3. The molecule has 0 amide bonds. The number of nitrogens with zero attached hydrogens (tertiary/aromatic N) is 2. The van der Waals surface area contributed by atoms with E-state index in [4.69, 9.17) is 11.3 Å². The Labute approximate surface area is 229 Å². The molecule has 0 aliphatic heterocycles. The van der Waals surface area contributed by atoms with Gasteiger partial charge in [0.05, 0.1) is 38.0 Å². The molecule has 0 bridgehead atoms. The van der Waals surface area contributed by atoms with E-state index in [1.165, 1.54) is 21.3 Å². The van der Waals surface area contributed by atoms with Crippen LogP contribution in [0.3, 0.4) is 0 Å². The van der Waals surface area contributed by atoms with Gasteiger partial charge in [-0.15, -0.1) is 0 Å². The van der Waals surface area contributed by atoms with Crippen LogP contribution in [0.2, 0.25) is 0 Å². The molecule has 0 saturated carbocycles. The van der Waals surface area contributed by atoms with Gasteiger partial charge in [-0.25, -0.2) is 14.4 Å². The number of methoxy groups -OCH3 is 3.